The van der Waals surface area contributed by atoms with Crippen molar-refractivity contribution in [2.75, 3.05) is 19.8 Å². The highest BCUT2D eigenvalue weighted by molar-refractivity contribution is 6.04. The molecule has 1 heterocycles. The molecule has 1 atom stereocenters. The van der Waals surface area contributed by atoms with Crippen molar-refractivity contribution < 1.29 is 27.4 Å². The Balaban J connectivity index is 2.05. The van der Waals surface area contributed by atoms with Crippen LogP contribution < -0.4 is 5.32 Å². The maximum Gasteiger partial charge on any atom is 0.416 e. The van der Waals surface area contributed by atoms with E-state index in [1.165, 1.54) is 12.1 Å². The molecule has 132 valence electrons. The monoisotopic (exact) mass is 344 g/mol. The summed E-state index contributed by atoms with van der Waals surface area (Å²) in [6, 6.07) is 4.16. The van der Waals surface area contributed by atoms with Crippen LogP contribution in [0.5, 0.6) is 0 Å². The van der Waals surface area contributed by atoms with E-state index in [0.717, 1.165) is 25.0 Å². The number of aliphatic imine (C=N–C) groups is 1. The van der Waals surface area contributed by atoms with Gasteiger partial charge in [-0.05, 0) is 38.0 Å². The number of amides is 1. The molecule has 1 amide bonds. The molecule has 0 aromatic heterocycles. The van der Waals surface area contributed by atoms with Crippen molar-refractivity contribution in [3.8, 4) is 0 Å². The maximum absolute atomic E-state index is 12.7. The molecule has 0 spiro atoms. The topological polar surface area (TPSA) is 59.9 Å². The van der Waals surface area contributed by atoms with Crippen LogP contribution in [0.4, 0.5) is 13.2 Å². The molecular weight excluding hydrogens is 325 g/mol. The van der Waals surface area contributed by atoms with Gasteiger partial charge < -0.3 is 9.47 Å². The fraction of sp³-hybridized carbons (Fsp3) is 0.500. The zero-order valence-corrected chi connectivity index (χ0v) is 13.2. The molecule has 1 aromatic rings. The summed E-state index contributed by atoms with van der Waals surface area (Å²) in [5.74, 6) is -0.708. The number of benzene rings is 1. The van der Waals surface area contributed by atoms with Gasteiger partial charge in [0.1, 0.15) is 0 Å². The number of alkyl halides is 3. The summed E-state index contributed by atoms with van der Waals surface area (Å²) in [6.45, 7) is 3.00. The zero-order chi connectivity index (χ0) is 17.6. The number of ether oxygens (including phenoxy) is 2. The van der Waals surface area contributed by atoms with Crippen molar-refractivity contribution in [1.29, 1.82) is 0 Å². The number of hydrogen-bond donors (Lipinski definition) is 1. The molecule has 0 bridgehead atoms. The normalized spacial score (nSPS) is 18.5. The van der Waals surface area contributed by atoms with Crippen LogP contribution in [0.2, 0.25) is 0 Å². The van der Waals surface area contributed by atoms with E-state index in [0.29, 0.717) is 13.2 Å². The van der Waals surface area contributed by atoms with Gasteiger partial charge in [-0.1, -0.05) is 6.07 Å². The lowest BCUT2D eigenvalue weighted by Gasteiger charge is -2.12. The first-order valence-corrected chi connectivity index (χ1v) is 7.67. The van der Waals surface area contributed by atoms with E-state index in [-0.39, 0.29) is 24.3 Å². The second-order valence-corrected chi connectivity index (χ2v) is 5.25. The van der Waals surface area contributed by atoms with Crippen molar-refractivity contribution in [1.82, 2.24) is 5.32 Å². The lowest BCUT2D eigenvalue weighted by molar-refractivity contribution is -0.137. The highest BCUT2D eigenvalue weighted by atomic mass is 19.4. The number of nitrogens with one attached hydrogen (secondary N) is 1. The molecule has 0 aliphatic carbocycles. The van der Waals surface area contributed by atoms with Gasteiger partial charge in [0.25, 0.3) is 11.9 Å². The van der Waals surface area contributed by atoms with E-state index in [9.17, 15) is 18.0 Å². The van der Waals surface area contributed by atoms with Gasteiger partial charge in [-0.3, -0.25) is 10.1 Å². The van der Waals surface area contributed by atoms with E-state index in [1.807, 2.05) is 0 Å². The Bertz CT molecular complexity index is 596. The third-order valence-electron chi connectivity index (χ3n) is 3.42. The number of hydrogen-bond acceptors (Lipinski definition) is 4. The van der Waals surface area contributed by atoms with E-state index >= 15 is 0 Å². The third kappa shape index (κ3) is 5.23. The first kappa shape index (κ1) is 18.3. The molecule has 1 aromatic carbocycles. The Morgan fingerprint density at radius 3 is 2.88 bits per heavy atom. The molecule has 8 heteroatoms. The summed E-state index contributed by atoms with van der Waals surface area (Å²) in [4.78, 5) is 16.3. The molecule has 1 aliphatic heterocycles. The Morgan fingerprint density at radius 1 is 1.46 bits per heavy atom. The van der Waals surface area contributed by atoms with Gasteiger partial charge in [0.05, 0.1) is 24.8 Å². The molecule has 0 radical (unpaired) electrons. The van der Waals surface area contributed by atoms with Crippen molar-refractivity contribution >= 4 is 11.9 Å². The quantitative estimate of drug-likeness (QED) is 0.675. The molecule has 2 rings (SSSR count). The highest BCUT2D eigenvalue weighted by Crippen LogP contribution is 2.29. The van der Waals surface area contributed by atoms with Crippen LogP contribution in [0.25, 0.3) is 0 Å². The molecular formula is C16H19F3N2O3. The van der Waals surface area contributed by atoms with Crippen molar-refractivity contribution in [3.63, 3.8) is 0 Å². The lowest BCUT2D eigenvalue weighted by Crippen LogP contribution is -2.33. The van der Waals surface area contributed by atoms with Gasteiger partial charge in [0, 0.05) is 12.2 Å². The molecule has 1 fully saturated rings. The Kier molecular flexibility index (Phi) is 6.19. The van der Waals surface area contributed by atoms with E-state index in [1.54, 1.807) is 6.92 Å². The molecule has 1 aliphatic rings. The molecule has 5 nitrogen and oxygen atoms in total. The number of carbonyl (C=O) groups excluding carboxylic acids is 1. The average molecular weight is 344 g/mol. The van der Waals surface area contributed by atoms with Crippen molar-refractivity contribution in [3.05, 3.63) is 35.4 Å². The second kappa shape index (κ2) is 8.14. The number of rotatable bonds is 4. The molecule has 1 N–H and O–H groups in total. The van der Waals surface area contributed by atoms with Gasteiger partial charge in [-0.15, -0.1) is 0 Å². The predicted octanol–water partition coefficient (Wildman–Crippen LogP) is 3.01. The second-order valence-electron chi connectivity index (χ2n) is 5.25. The fourth-order valence-corrected chi connectivity index (χ4v) is 2.24. The number of nitrogens with zero attached hydrogens (tertiary/aromatic N) is 1. The molecule has 0 saturated carbocycles. The van der Waals surface area contributed by atoms with Crippen LogP contribution in [0.1, 0.15) is 35.7 Å². The van der Waals surface area contributed by atoms with Crippen molar-refractivity contribution in [2.24, 2.45) is 4.99 Å². The Hall–Kier alpha value is -2.09. The zero-order valence-electron chi connectivity index (χ0n) is 13.2. The number of halogens is 3. The van der Waals surface area contributed by atoms with Crippen LogP contribution in [-0.2, 0) is 15.7 Å². The van der Waals surface area contributed by atoms with Gasteiger partial charge in [0.2, 0.25) is 0 Å². The van der Waals surface area contributed by atoms with Crippen LogP contribution in [0.15, 0.2) is 29.3 Å². The summed E-state index contributed by atoms with van der Waals surface area (Å²) in [5, 5.41) is 2.40. The predicted molar refractivity (Wildman–Crippen MR) is 81.8 cm³/mol. The summed E-state index contributed by atoms with van der Waals surface area (Å²) < 4.78 is 48.8. The third-order valence-corrected chi connectivity index (χ3v) is 3.42. The SMILES string of the molecule is CCOC(=NC[C@H]1CCCO1)NC(=O)c1cccc(C(F)(F)F)c1. The Morgan fingerprint density at radius 2 is 2.25 bits per heavy atom. The smallest absolute Gasteiger partial charge is 0.416 e. The maximum atomic E-state index is 12.7. The van der Waals surface area contributed by atoms with Gasteiger partial charge in [-0.2, -0.15) is 13.2 Å². The van der Waals surface area contributed by atoms with Crippen LogP contribution in [-0.4, -0.2) is 37.8 Å². The first-order valence-electron chi connectivity index (χ1n) is 7.67. The van der Waals surface area contributed by atoms with Gasteiger partial charge in [0.15, 0.2) is 0 Å². The lowest BCUT2D eigenvalue weighted by atomic mass is 10.1. The van der Waals surface area contributed by atoms with Crippen LogP contribution >= 0.6 is 0 Å². The van der Waals surface area contributed by atoms with E-state index in [2.05, 4.69) is 10.3 Å². The first-order chi connectivity index (χ1) is 11.4. The van der Waals surface area contributed by atoms with E-state index < -0.39 is 17.6 Å². The van der Waals surface area contributed by atoms with Crippen LogP contribution in [0.3, 0.4) is 0 Å². The minimum Gasteiger partial charge on any atom is -0.465 e. The minimum atomic E-state index is -4.51. The highest BCUT2D eigenvalue weighted by Gasteiger charge is 2.31. The summed E-state index contributed by atoms with van der Waals surface area (Å²) in [5.41, 5.74) is -1.00. The summed E-state index contributed by atoms with van der Waals surface area (Å²) in [6.07, 6.45) is -2.69. The Labute approximate surface area is 137 Å². The average Bonchev–Trinajstić information content (AvgIpc) is 3.05. The molecule has 24 heavy (non-hydrogen) atoms. The summed E-state index contributed by atoms with van der Waals surface area (Å²) >= 11 is 0. The number of amidine groups is 1. The minimum absolute atomic E-state index is 0.0181. The largest absolute Gasteiger partial charge is 0.465 e. The van der Waals surface area contributed by atoms with Gasteiger partial charge >= 0.3 is 6.18 Å². The fourth-order valence-electron chi connectivity index (χ4n) is 2.24. The summed E-state index contributed by atoms with van der Waals surface area (Å²) in [7, 11) is 0. The van der Waals surface area contributed by atoms with E-state index in [4.69, 9.17) is 9.47 Å². The van der Waals surface area contributed by atoms with Gasteiger partial charge in [-0.25, -0.2) is 4.99 Å². The molecule has 1 saturated heterocycles. The number of carbonyl (C=O) groups is 1. The standard InChI is InChI=1S/C16H19F3N2O3/c1-2-23-15(20-10-13-7-4-8-24-13)21-14(22)11-5-3-6-12(9-11)16(17,18)19/h3,5-6,9,13H,2,4,7-8,10H2,1H3,(H,20,21,22)/t13-/m1/s1. The molecule has 0 unspecified atom stereocenters. The van der Waals surface area contributed by atoms with Crippen molar-refractivity contribution in [2.45, 2.75) is 32.0 Å². The van der Waals surface area contributed by atoms with Crippen LogP contribution in [0, 0.1) is 0 Å².